The zero-order valence-electron chi connectivity index (χ0n) is 21.7. The summed E-state index contributed by atoms with van der Waals surface area (Å²) in [5, 5.41) is 0. The van der Waals surface area contributed by atoms with Crippen molar-refractivity contribution < 1.29 is 19.0 Å². The van der Waals surface area contributed by atoms with Crippen molar-refractivity contribution in [1.29, 1.82) is 0 Å². The lowest BCUT2D eigenvalue weighted by Gasteiger charge is -2.25. The first-order valence-electron chi connectivity index (χ1n) is 12.2. The van der Waals surface area contributed by atoms with E-state index in [2.05, 4.69) is 50.2 Å². The molecule has 0 radical (unpaired) electrons. The number of thiazole rings is 1. The number of halogens is 2. The maximum Gasteiger partial charge on any atom is 0.338 e. The molecular weight excluding hydrogens is 730 g/mol. The fourth-order valence-corrected chi connectivity index (χ4v) is 7.36. The first kappa shape index (κ1) is 28.8. The van der Waals surface area contributed by atoms with Gasteiger partial charge in [0.1, 0.15) is 11.5 Å². The van der Waals surface area contributed by atoms with Crippen LogP contribution in [-0.4, -0.2) is 29.9 Å². The minimum atomic E-state index is -0.670. The van der Waals surface area contributed by atoms with E-state index < -0.39 is 12.0 Å². The third-order valence-electron chi connectivity index (χ3n) is 5.70. The Labute approximate surface area is 252 Å². The molecule has 0 aliphatic carbocycles. The van der Waals surface area contributed by atoms with Crippen molar-refractivity contribution in [2.24, 2.45) is 4.99 Å². The Morgan fingerprint density at radius 3 is 2.32 bits per heavy atom. The third kappa shape index (κ3) is 6.01. The van der Waals surface area contributed by atoms with E-state index in [1.165, 1.54) is 11.3 Å². The van der Waals surface area contributed by atoms with E-state index in [-0.39, 0.29) is 11.7 Å². The Balaban J connectivity index is 1.89. The van der Waals surface area contributed by atoms with Gasteiger partial charge in [0.25, 0.3) is 5.56 Å². The van der Waals surface area contributed by atoms with Crippen LogP contribution >= 0.6 is 56.5 Å². The van der Waals surface area contributed by atoms with E-state index in [4.69, 9.17) is 14.2 Å². The van der Waals surface area contributed by atoms with E-state index >= 15 is 0 Å². The highest BCUT2D eigenvalue weighted by Gasteiger charge is 2.33. The van der Waals surface area contributed by atoms with Gasteiger partial charge in [0, 0.05) is 0 Å². The van der Waals surface area contributed by atoms with Gasteiger partial charge in [0.2, 0.25) is 0 Å². The molecule has 0 saturated carbocycles. The quantitative estimate of drug-likeness (QED) is 0.234. The van der Waals surface area contributed by atoms with Gasteiger partial charge in [-0.15, -0.1) is 0 Å². The zero-order chi connectivity index (χ0) is 27.6. The van der Waals surface area contributed by atoms with Gasteiger partial charge in [0.15, 0.2) is 4.80 Å². The number of nitrogens with zero attached hydrogens (tertiary/aromatic N) is 2. The van der Waals surface area contributed by atoms with Crippen molar-refractivity contribution >= 4 is 68.6 Å². The second-order valence-electron chi connectivity index (χ2n) is 8.78. The number of hydrogen-bond acceptors (Lipinski definition) is 7. The highest BCUT2D eigenvalue weighted by molar-refractivity contribution is 14.1. The van der Waals surface area contributed by atoms with E-state index in [0.29, 0.717) is 33.8 Å². The summed E-state index contributed by atoms with van der Waals surface area (Å²) in [6.45, 7) is 10.4. The Bertz CT molecular complexity index is 1550. The SMILES string of the molecule is CCOc1ccc([C@H]2C(C(=O)OC(C)C)=C(C)N=c3s/c(=C/c4cc(I)c(OCC)c(I)c4)c(=O)n32)cc1. The molecule has 1 aliphatic heterocycles. The monoisotopic (exact) mass is 758 g/mol. The van der Waals surface area contributed by atoms with Crippen LogP contribution in [0.15, 0.2) is 57.5 Å². The fraction of sp³-hybridized carbons (Fsp3) is 0.321. The predicted molar refractivity (Wildman–Crippen MR) is 166 cm³/mol. The first-order chi connectivity index (χ1) is 18.1. The molecule has 10 heteroatoms. The Hall–Kier alpha value is -2.19. The summed E-state index contributed by atoms with van der Waals surface area (Å²) in [7, 11) is 0. The number of hydrogen-bond donors (Lipinski definition) is 0. The van der Waals surface area contributed by atoms with Crippen molar-refractivity contribution in [3.8, 4) is 11.5 Å². The fourth-order valence-electron chi connectivity index (χ4n) is 4.19. The average Bonchev–Trinajstić information content (AvgIpc) is 3.15. The number of carbonyl (C=O) groups excluding carboxylic acids is 1. The van der Waals surface area contributed by atoms with Gasteiger partial charge in [-0.3, -0.25) is 9.36 Å². The summed E-state index contributed by atoms with van der Waals surface area (Å²) < 4.78 is 21.0. The number of carbonyl (C=O) groups is 1. The molecule has 1 aliphatic rings. The molecule has 38 heavy (non-hydrogen) atoms. The van der Waals surface area contributed by atoms with Crippen LogP contribution in [0.25, 0.3) is 6.08 Å². The number of ether oxygens (including phenoxy) is 3. The number of esters is 1. The molecule has 1 aromatic heterocycles. The Kier molecular flexibility index (Phi) is 9.35. The molecule has 0 bridgehead atoms. The van der Waals surface area contributed by atoms with Gasteiger partial charge in [-0.1, -0.05) is 23.5 Å². The number of aromatic nitrogens is 1. The van der Waals surface area contributed by atoms with E-state index in [1.807, 2.05) is 56.3 Å². The molecule has 0 fully saturated rings. The standard InChI is InChI=1S/C28H28I2N2O5S/c1-6-35-19-10-8-18(9-11-19)24-23(27(34)37-15(3)4)16(5)31-28-32(24)26(33)22(38-28)14-17-12-20(29)25(36-7-2)21(30)13-17/h8-15,24H,6-7H2,1-5H3/b22-14+/t24-/m0/s1. The summed E-state index contributed by atoms with van der Waals surface area (Å²) in [5.74, 6) is 1.08. The van der Waals surface area contributed by atoms with Crippen LogP contribution in [-0.2, 0) is 9.53 Å². The Morgan fingerprint density at radius 2 is 1.74 bits per heavy atom. The third-order valence-corrected chi connectivity index (χ3v) is 8.28. The first-order valence-corrected chi connectivity index (χ1v) is 15.2. The molecule has 0 amide bonds. The molecular formula is C28H28I2N2O5S. The van der Waals surface area contributed by atoms with Crippen LogP contribution < -0.4 is 24.4 Å². The predicted octanol–water partition coefficient (Wildman–Crippen LogP) is 5.19. The van der Waals surface area contributed by atoms with E-state index in [0.717, 1.165) is 29.8 Å². The van der Waals surface area contributed by atoms with Gasteiger partial charge >= 0.3 is 5.97 Å². The summed E-state index contributed by atoms with van der Waals surface area (Å²) >= 11 is 5.80. The molecule has 0 N–H and O–H groups in total. The molecule has 1 atom stereocenters. The van der Waals surface area contributed by atoms with Crippen molar-refractivity contribution in [2.45, 2.75) is 46.8 Å². The summed E-state index contributed by atoms with van der Waals surface area (Å²) in [6.07, 6.45) is 1.56. The summed E-state index contributed by atoms with van der Waals surface area (Å²) in [5.41, 5.74) is 2.34. The van der Waals surface area contributed by atoms with Gasteiger partial charge in [-0.05, 0) is 121 Å². The van der Waals surface area contributed by atoms with E-state index in [1.54, 1.807) is 25.3 Å². The lowest BCUT2D eigenvalue weighted by atomic mass is 9.96. The highest BCUT2D eigenvalue weighted by Crippen LogP contribution is 2.32. The number of rotatable bonds is 8. The molecule has 3 aromatic rings. The minimum Gasteiger partial charge on any atom is -0.494 e. The normalized spacial score (nSPS) is 15.4. The number of fused-ring (bicyclic) bond motifs is 1. The summed E-state index contributed by atoms with van der Waals surface area (Å²) in [6, 6.07) is 10.8. The van der Waals surface area contributed by atoms with Crippen molar-refractivity contribution in [3.63, 3.8) is 0 Å². The molecule has 7 nitrogen and oxygen atoms in total. The molecule has 200 valence electrons. The topological polar surface area (TPSA) is 79.1 Å². The lowest BCUT2D eigenvalue weighted by Crippen LogP contribution is -2.40. The minimum absolute atomic E-state index is 0.214. The number of allylic oxidation sites excluding steroid dienone is 1. The highest BCUT2D eigenvalue weighted by atomic mass is 127. The molecule has 0 spiro atoms. The molecule has 0 saturated heterocycles. The average molecular weight is 758 g/mol. The smallest absolute Gasteiger partial charge is 0.338 e. The van der Waals surface area contributed by atoms with Gasteiger partial charge in [0.05, 0.1) is 48.3 Å². The van der Waals surface area contributed by atoms with Crippen LogP contribution in [0.3, 0.4) is 0 Å². The molecule has 0 unspecified atom stereocenters. The zero-order valence-corrected chi connectivity index (χ0v) is 26.8. The van der Waals surface area contributed by atoms with Crippen molar-refractivity contribution in [3.05, 3.63) is 85.6 Å². The van der Waals surface area contributed by atoms with Crippen LogP contribution in [0.1, 0.15) is 51.8 Å². The van der Waals surface area contributed by atoms with Crippen LogP contribution in [0.5, 0.6) is 11.5 Å². The number of benzene rings is 2. The van der Waals surface area contributed by atoms with Gasteiger partial charge in [-0.25, -0.2) is 9.79 Å². The second-order valence-corrected chi connectivity index (χ2v) is 12.1. The van der Waals surface area contributed by atoms with Crippen LogP contribution in [0.2, 0.25) is 0 Å². The largest absolute Gasteiger partial charge is 0.494 e. The van der Waals surface area contributed by atoms with Gasteiger partial charge in [-0.2, -0.15) is 0 Å². The summed E-state index contributed by atoms with van der Waals surface area (Å²) in [4.78, 5) is 32.3. The maximum absolute atomic E-state index is 13.9. The van der Waals surface area contributed by atoms with Crippen molar-refractivity contribution in [1.82, 2.24) is 4.57 Å². The molecule has 2 heterocycles. The lowest BCUT2D eigenvalue weighted by molar-refractivity contribution is -0.143. The molecule has 4 rings (SSSR count). The maximum atomic E-state index is 13.9. The Morgan fingerprint density at radius 1 is 1.11 bits per heavy atom. The second kappa shape index (κ2) is 12.3. The van der Waals surface area contributed by atoms with Crippen molar-refractivity contribution in [2.75, 3.05) is 13.2 Å². The van der Waals surface area contributed by atoms with Crippen LogP contribution in [0.4, 0.5) is 0 Å². The van der Waals surface area contributed by atoms with Gasteiger partial charge < -0.3 is 14.2 Å². The van der Waals surface area contributed by atoms with Crippen LogP contribution in [0, 0.1) is 7.14 Å². The van der Waals surface area contributed by atoms with E-state index in [9.17, 15) is 9.59 Å². The molecule has 2 aromatic carbocycles.